The first-order valence-corrected chi connectivity index (χ1v) is 7.48. The highest BCUT2D eigenvalue weighted by atomic mass is 32.2. The summed E-state index contributed by atoms with van der Waals surface area (Å²) < 4.78 is 15.5. The van der Waals surface area contributed by atoms with Crippen molar-refractivity contribution in [2.24, 2.45) is 7.05 Å². The Kier molecular flexibility index (Phi) is 3.85. The summed E-state index contributed by atoms with van der Waals surface area (Å²) in [6.07, 6.45) is 3.53. The lowest BCUT2D eigenvalue weighted by Crippen LogP contribution is -2.27. The van der Waals surface area contributed by atoms with Crippen LogP contribution in [0.5, 0.6) is 0 Å². The zero-order chi connectivity index (χ0) is 15.7. The summed E-state index contributed by atoms with van der Waals surface area (Å²) in [6.45, 7) is -0.0538. The van der Waals surface area contributed by atoms with Crippen LogP contribution in [0, 0.1) is 5.82 Å². The van der Waals surface area contributed by atoms with Crippen molar-refractivity contribution in [2.75, 3.05) is 0 Å². The topological polar surface area (TPSA) is 42.3 Å². The average molecular weight is 316 g/mol. The van der Waals surface area contributed by atoms with Crippen LogP contribution in [0.3, 0.4) is 0 Å². The number of benzene rings is 1. The zero-order valence-electron chi connectivity index (χ0n) is 11.8. The molecule has 1 aliphatic heterocycles. The molecule has 1 saturated heterocycles. The minimum Gasteiger partial charge on any atom is -0.351 e. The van der Waals surface area contributed by atoms with Gasteiger partial charge in [0.05, 0.1) is 11.4 Å². The summed E-state index contributed by atoms with van der Waals surface area (Å²) >= 11 is 0.877. The number of halogens is 1. The quantitative estimate of drug-likeness (QED) is 0.815. The fourth-order valence-corrected chi connectivity index (χ4v) is 3.01. The van der Waals surface area contributed by atoms with E-state index < -0.39 is 5.82 Å². The molecule has 0 aliphatic carbocycles. The first-order chi connectivity index (χ1) is 10.6. The Morgan fingerprint density at radius 2 is 1.95 bits per heavy atom. The number of rotatable bonds is 3. The van der Waals surface area contributed by atoms with Crippen molar-refractivity contribution in [1.82, 2.24) is 9.47 Å². The molecule has 1 aromatic carbocycles. The minimum absolute atomic E-state index is 0.0538. The number of hydrogen-bond acceptors (Lipinski definition) is 3. The van der Waals surface area contributed by atoms with E-state index in [-0.39, 0.29) is 17.7 Å². The number of amides is 2. The van der Waals surface area contributed by atoms with E-state index in [4.69, 9.17) is 0 Å². The molecule has 0 bridgehead atoms. The highest BCUT2D eigenvalue weighted by Gasteiger charge is 2.35. The molecule has 0 saturated carbocycles. The largest absolute Gasteiger partial charge is 0.351 e. The summed E-state index contributed by atoms with van der Waals surface area (Å²) in [7, 11) is 1.86. The molecule has 1 aliphatic rings. The number of nitrogens with zero attached hydrogens (tertiary/aromatic N) is 2. The van der Waals surface area contributed by atoms with Gasteiger partial charge in [-0.05, 0) is 36.0 Å². The van der Waals surface area contributed by atoms with E-state index in [9.17, 15) is 14.0 Å². The van der Waals surface area contributed by atoms with Crippen LogP contribution in [0.1, 0.15) is 11.3 Å². The third-order valence-electron chi connectivity index (χ3n) is 3.42. The van der Waals surface area contributed by atoms with Gasteiger partial charge < -0.3 is 4.57 Å². The Bertz CT molecular complexity index is 782. The lowest BCUT2D eigenvalue weighted by molar-refractivity contribution is -0.123. The van der Waals surface area contributed by atoms with Crippen molar-refractivity contribution in [3.63, 3.8) is 0 Å². The summed E-state index contributed by atoms with van der Waals surface area (Å²) in [4.78, 5) is 25.8. The van der Waals surface area contributed by atoms with Crippen LogP contribution in [0.4, 0.5) is 9.18 Å². The molecule has 1 aromatic heterocycles. The number of carbonyl (C=O) groups is 2. The monoisotopic (exact) mass is 316 g/mol. The van der Waals surface area contributed by atoms with Gasteiger partial charge in [0.15, 0.2) is 0 Å². The van der Waals surface area contributed by atoms with Gasteiger partial charge in [-0.15, -0.1) is 0 Å². The van der Waals surface area contributed by atoms with Crippen LogP contribution in [0.2, 0.25) is 0 Å². The number of aromatic nitrogens is 1. The predicted octanol–water partition coefficient (Wildman–Crippen LogP) is 3.40. The summed E-state index contributed by atoms with van der Waals surface area (Å²) in [5, 5.41) is -0.381. The van der Waals surface area contributed by atoms with Crippen molar-refractivity contribution in [1.29, 1.82) is 0 Å². The maximum absolute atomic E-state index is 13.7. The summed E-state index contributed by atoms with van der Waals surface area (Å²) in [6, 6.07) is 9.84. The van der Waals surface area contributed by atoms with E-state index in [0.717, 1.165) is 22.4 Å². The van der Waals surface area contributed by atoms with Crippen LogP contribution in [0.25, 0.3) is 6.08 Å². The van der Waals surface area contributed by atoms with Gasteiger partial charge >= 0.3 is 0 Å². The highest BCUT2D eigenvalue weighted by Crippen LogP contribution is 2.33. The van der Waals surface area contributed by atoms with E-state index in [2.05, 4.69) is 0 Å². The van der Waals surface area contributed by atoms with Gasteiger partial charge in [0, 0.05) is 24.5 Å². The standard InChI is InChI=1S/C16H13FN2O2S/c1-18-8-4-6-12(18)9-14-15(20)19(16(21)22-14)10-11-5-2-3-7-13(11)17/h2-9H,10H2,1H3. The fourth-order valence-electron chi connectivity index (χ4n) is 2.19. The van der Waals surface area contributed by atoms with Crippen LogP contribution in [0.15, 0.2) is 47.5 Å². The minimum atomic E-state index is -0.423. The third-order valence-corrected chi connectivity index (χ3v) is 4.33. The van der Waals surface area contributed by atoms with Crippen LogP contribution in [-0.4, -0.2) is 20.6 Å². The molecule has 0 atom stereocenters. The molecule has 3 rings (SSSR count). The van der Waals surface area contributed by atoms with Gasteiger partial charge in [0.25, 0.3) is 11.1 Å². The number of thioether (sulfide) groups is 1. The molecule has 0 unspecified atom stereocenters. The van der Waals surface area contributed by atoms with Gasteiger partial charge in [0.2, 0.25) is 0 Å². The first kappa shape index (κ1) is 14.6. The molecule has 4 nitrogen and oxygen atoms in total. The molecular weight excluding hydrogens is 303 g/mol. The molecule has 0 spiro atoms. The fraction of sp³-hybridized carbons (Fsp3) is 0.125. The molecule has 112 valence electrons. The van der Waals surface area contributed by atoms with Crippen molar-refractivity contribution >= 4 is 29.0 Å². The molecule has 22 heavy (non-hydrogen) atoms. The van der Waals surface area contributed by atoms with Gasteiger partial charge in [-0.3, -0.25) is 14.5 Å². The Hall–Kier alpha value is -2.34. The molecular formula is C16H13FN2O2S. The molecule has 6 heteroatoms. The van der Waals surface area contributed by atoms with Crippen LogP contribution >= 0.6 is 11.8 Å². The second-order valence-corrected chi connectivity index (χ2v) is 5.90. The van der Waals surface area contributed by atoms with E-state index in [1.807, 2.05) is 29.9 Å². The van der Waals surface area contributed by atoms with E-state index >= 15 is 0 Å². The number of carbonyl (C=O) groups excluding carboxylic acids is 2. The summed E-state index contributed by atoms with van der Waals surface area (Å²) in [5.74, 6) is -0.813. The van der Waals surface area contributed by atoms with Crippen LogP contribution in [-0.2, 0) is 18.4 Å². The lowest BCUT2D eigenvalue weighted by atomic mass is 10.2. The lowest BCUT2D eigenvalue weighted by Gasteiger charge is -2.12. The Morgan fingerprint density at radius 1 is 1.18 bits per heavy atom. The maximum atomic E-state index is 13.7. The van der Waals surface area contributed by atoms with Gasteiger partial charge in [-0.25, -0.2) is 4.39 Å². The van der Waals surface area contributed by atoms with Gasteiger partial charge in [-0.1, -0.05) is 18.2 Å². The normalized spacial score (nSPS) is 16.8. The third kappa shape index (κ3) is 2.69. The van der Waals surface area contributed by atoms with E-state index in [1.54, 1.807) is 24.3 Å². The average Bonchev–Trinajstić information content (AvgIpc) is 3.00. The Balaban J connectivity index is 1.85. The Morgan fingerprint density at radius 3 is 2.64 bits per heavy atom. The maximum Gasteiger partial charge on any atom is 0.293 e. The second-order valence-electron chi connectivity index (χ2n) is 4.90. The van der Waals surface area contributed by atoms with E-state index in [0.29, 0.717) is 10.5 Å². The van der Waals surface area contributed by atoms with Gasteiger partial charge in [-0.2, -0.15) is 0 Å². The van der Waals surface area contributed by atoms with Crippen molar-refractivity contribution in [3.8, 4) is 0 Å². The first-order valence-electron chi connectivity index (χ1n) is 6.66. The second kappa shape index (κ2) is 5.81. The molecule has 0 radical (unpaired) electrons. The van der Waals surface area contributed by atoms with E-state index in [1.165, 1.54) is 6.07 Å². The predicted molar refractivity (Wildman–Crippen MR) is 83.3 cm³/mol. The number of aryl methyl sites for hydroxylation is 1. The molecule has 2 aromatic rings. The van der Waals surface area contributed by atoms with Crippen molar-refractivity contribution in [3.05, 3.63) is 64.6 Å². The molecule has 2 amide bonds. The van der Waals surface area contributed by atoms with Crippen molar-refractivity contribution in [2.45, 2.75) is 6.54 Å². The zero-order valence-corrected chi connectivity index (χ0v) is 12.6. The highest BCUT2D eigenvalue weighted by molar-refractivity contribution is 8.18. The number of hydrogen-bond donors (Lipinski definition) is 0. The van der Waals surface area contributed by atoms with Crippen LogP contribution < -0.4 is 0 Å². The molecule has 1 fully saturated rings. The Labute approximate surface area is 131 Å². The van der Waals surface area contributed by atoms with Crippen molar-refractivity contribution < 1.29 is 14.0 Å². The van der Waals surface area contributed by atoms with Gasteiger partial charge in [0.1, 0.15) is 5.82 Å². The smallest absolute Gasteiger partial charge is 0.293 e. The SMILES string of the molecule is Cn1cccc1C=C1SC(=O)N(Cc2ccccc2F)C1=O. The molecule has 0 N–H and O–H groups in total. The number of imide groups is 1. The summed E-state index contributed by atoms with van der Waals surface area (Å²) in [5.41, 5.74) is 1.15. The molecule has 2 heterocycles.